The molecule has 0 aliphatic heterocycles. The van der Waals surface area contributed by atoms with Crippen molar-refractivity contribution in [3.05, 3.63) is 89.2 Å². The van der Waals surface area contributed by atoms with Crippen LogP contribution in [0.4, 0.5) is 10.1 Å². The average molecular weight is 303 g/mol. The molecule has 0 fully saturated rings. The molecule has 3 heteroatoms. The second-order valence-electron chi connectivity index (χ2n) is 5.67. The van der Waals surface area contributed by atoms with Crippen molar-refractivity contribution in [2.75, 3.05) is 5.32 Å². The fourth-order valence-corrected chi connectivity index (χ4v) is 3.01. The fraction of sp³-hybridized carbons (Fsp3) is 0.0500. The Kier molecular flexibility index (Phi) is 3.19. The highest BCUT2D eigenvalue weighted by Crippen LogP contribution is 2.37. The Morgan fingerprint density at radius 2 is 1.61 bits per heavy atom. The van der Waals surface area contributed by atoms with Crippen molar-refractivity contribution < 1.29 is 9.18 Å². The van der Waals surface area contributed by atoms with Crippen molar-refractivity contribution in [2.24, 2.45) is 0 Å². The minimum absolute atomic E-state index is 0.240. The number of hydrogen-bond donors (Lipinski definition) is 1. The van der Waals surface area contributed by atoms with Crippen LogP contribution in [-0.2, 0) is 6.42 Å². The second-order valence-corrected chi connectivity index (χ2v) is 5.67. The zero-order valence-electron chi connectivity index (χ0n) is 12.3. The number of fused-ring (bicyclic) bond motifs is 3. The first-order chi connectivity index (χ1) is 11.2. The standard InChI is InChI=1S/C20H14FNO/c21-16-8-5-13(6-9-16)20(23)22-17-10-7-15-11-14-3-1-2-4-18(14)19(15)12-17/h1-10,12H,11H2,(H,22,23). The highest BCUT2D eigenvalue weighted by atomic mass is 19.1. The smallest absolute Gasteiger partial charge is 0.255 e. The summed E-state index contributed by atoms with van der Waals surface area (Å²) in [5.74, 6) is -0.591. The molecule has 0 atom stereocenters. The van der Waals surface area contributed by atoms with Gasteiger partial charge in [0.15, 0.2) is 0 Å². The van der Waals surface area contributed by atoms with E-state index in [0.717, 1.165) is 17.7 Å². The van der Waals surface area contributed by atoms with Gasteiger partial charge in [0.1, 0.15) is 5.82 Å². The molecule has 0 aromatic heterocycles. The van der Waals surface area contributed by atoms with Crippen LogP contribution in [0, 0.1) is 5.82 Å². The van der Waals surface area contributed by atoms with Crippen molar-refractivity contribution in [1.29, 1.82) is 0 Å². The van der Waals surface area contributed by atoms with Crippen LogP contribution in [0.3, 0.4) is 0 Å². The molecule has 0 spiro atoms. The molecule has 0 saturated heterocycles. The van der Waals surface area contributed by atoms with Gasteiger partial charge in [-0.25, -0.2) is 4.39 Å². The normalized spacial score (nSPS) is 11.7. The summed E-state index contributed by atoms with van der Waals surface area (Å²) in [5.41, 5.74) is 6.15. The van der Waals surface area contributed by atoms with E-state index in [1.54, 1.807) is 0 Å². The van der Waals surface area contributed by atoms with Gasteiger partial charge in [-0.15, -0.1) is 0 Å². The van der Waals surface area contributed by atoms with E-state index >= 15 is 0 Å². The lowest BCUT2D eigenvalue weighted by molar-refractivity contribution is 0.102. The maximum atomic E-state index is 12.9. The van der Waals surface area contributed by atoms with Crippen LogP contribution >= 0.6 is 0 Å². The van der Waals surface area contributed by atoms with Crippen LogP contribution in [0.5, 0.6) is 0 Å². The van der Waals surface area contributed by atoms with Gasteiger partial charge in [0.05, 0.1) is 0 Å². The molecule has 1 aliphatic rings. The summed E-state index contributed by atoms with van der Waals surface area (Å²) >= 11 is 0. The second kappa shape index (κ2) is 5.36. The Morgan fingerprint density at radius 1 is 0.870 bits per heavy atom. The summed E-state index contributed by atoms with van der Waals surface area (Å²) in [7, 11) is 0. The SMILES string of the molecule is O=C(Nc1ccc2c(c1)-c1ccccc1C2)c1ccc(F)cc1. The molecule has 1 amide bonds. The van der Waals surface area contributed by atoms with Gasteiger partial charge in [-0.1, -0.05) is 30.3 Å². The molecule has 23 heavy (non-hydrogen) atoms. The minimum Gasteiger partial charge on any atom is -0.322 e. The zero-order chi connectivity index (χ0) is 15.8. The Hall–Kier alpha value is -2.94. The summed E-state index contributed by atoms with van der Waals surface area (Å²) in [6.07, 6.45) is 0.928. The number of carbonyl (C=O) groups excluding carboxylic acids is 1. The van der Waals surface area contributed by atoms with E-state index in [9.17, 15) is 9.18 Å². The molecule has 1 N–H and O–H groups in total. The Morgan fingerprint density at radius 3 is 2.43 bits per heavy atom. The zero-order valence-corrected chi connectivity index (χ0v) is 12.3. The van der Waals surface area contributed by atoms with Crippen molar-refractivity contribution >= 4 is 11.6 Å². The number of anilines is 1. The van der Waals surface area contributed by atoms with E-state index in [2.05, 4.69) is 23.5 Å². The number of halogens is 1. The molecule has 0 bridgehead atoms. The third kappa shape index (κ3) is 2.50. The van der Waals surface area contributed by atoms with Gasteiger partial charge in [0.2, 0.25) is 0 Å². The van der Waals surface area contributed by atoms with Gasteiger partial charge in [0, 0.05) is 11.3 Å². The summed E-state index contributed by atoms with van der Waals surface area (Å²) in [4.78, 5) is 12.2. The van der Waals surface area contributed by atoms with Crippen LogP contribution in [0.15, 0.2) is 66.7 Å². The number of benzene rings is 3. The third-order valence-electron chi connectivity index (χ3n) is 4.16. The van der Waals surface area contributed by atoms with E-state index in [4.69, 9.17) is 0 Å². The maximum Gasteiger partial charge on any atom is 0.255 e. The molecule has 0 heterocycles. The number of amides is 1. The minimum atomic E-state index is -0.351. The number of nitrogens with one attached hydrogen (secondary N) is 1. The first-order valence-corrected chi connectivity index (χ1v) is 7.49. The fourth-order valence-electron chi connectivity index (χ4n) is 3.01. The molecule has 2 nitrogen and oxygen atoms in total. The summed E-state index contributed by atoms with van der Waals surface area (Å²) in [6.45, 7) is 0. The Labute approximate surface area is 133 Å². The van der Waals surface area contributed by atoms with E-state index in [-0.39, 0.29) is 11.7 Å². The lowest BCUT2D eigenvalue weighted by atomic mass is 10.1. The predicted octanol–water partition coefficient (Wildman–Crippen LogP) is 4.65. The average Bonchev–Trinajstić information content (AvgIpc) is 2.93. The maximum absolute atomic E-state index is 12.9. The molecule has 112 valence electrons. The summed E-state index contributed by atoms with van der Waals surface area (Å²) < 4.78 is 12.9. The molecule has 0 unspecified atom stereocenters. The third-order valence-corrected chi connectivity index (χ3v) is 4.16. The monoisotopic (exact) mass is 303 g/mol. The molecule has 0 saturated carbocycles. The van der Waals surface area contributed by atoms with Gasteiger partial charge in [-0.3, -0.25) is 4.79 Å². The van der Waals surface area contributed by atoms with Gasteiger partial charge in [-0.2, -0.15) is 0 Å². The van der Waals surface area contributed by atoms with E-state index in [0.29, 0.717) is 5.56 Å². The molecule has 0 radical (unpaired) electrons. The predicted molar refractivity (Wildman–Crippen MR) is 89.0 cm³/mol. The van der Waals surface area contributed by atoms with E-state index in [1.807, 2.05) is 24.3 Å². The molecule has 3 aromatic rings. The largest absolute Gasteiger partial charge is 0.322 e. The molecule has 3 aromatic carbocycles. The topological polar surface area (TPSA) is 29.1 Å². The van der Waals surface area contributed by atoms with Crippen LogP contribution in [0.1, 0.15) is 21.5 Å². The summed E-state index contributed by atoms with van der Waals surface area (Å²) in [5, 5.41) is 2.88. The van der Waals surface area contributed by atoms with Crippen molar-refractivity contribution in [1.82, 2.24) is 0 Å². The van der Waals surface area contributed by atoms with Crippen LogP contribution in [0.25, 0.3) is 11.1 Å². The van der Waals surface area contributed by atoms with Crippen molar-refractivity contribution in [3.8, 4) is 11.1 Å². The molecule has 4 rings (SSSR count). The van der Waals surface area contributed by atoms with Gasteiger partial charge >= 0.3 is 0 Å². The molecular formula is C20H14FNO. The Bertz CT molecular complexity index is 900. The lowest BCUT2D eigenvalue weighted by Gasteiger charge is -2.08. The molecule has 1 aliphatic carbocycles. The summed E-state index contributed by atoms with van der Waals surface area (Å²) in [6, 6.07) is 19.8. The Balaban J connectivity index is 1.62. The van der Waals surface area contributed by atoms with Gasteiger partial charge in [-0.05, 0) is 65.1 Å². The number of hydrogen-bond acceptors (Lipinski definition) is 1. The molecular weight excluding hydrogens is 289 g/mol. The van der Waals surface area contributed by atoms with Crippen LogP contribution in [0.2, 0.25) is 0 Å². The first kappa shape index (κ1) is 13.7. The highest BCUT2D eigenvalue weighted by Gasteiger charge is 2.18. The van der Waals surface area contributed by atoms with E-state index in [1.165, 1.54) is 41.0 Å². The van der Waals surface area contributed by atoms with Crippen molar-refractivity contribution in [2.45, 2.75) is 6.42 Å². The van der Waals surface area contributed by atoms with Crippen molar-refractivity contribution in [3.63, 3.8) is 0 Å². The van der Waals surface area contributed by atoms with E-state index < -0.39 is 0 Å². The van der Waals surface area contributed by atoms with Gasteiger partial charge < -0.3 is 5.32 Å². The van der Waals surface area contributed by atoms with Gasteiger partial charge in [0.25, 0.3) is 5.91 Å². The van der Waals surface area contributed by atoms with Crippen LogP contribution < -0.4 is 5.32 Å². The number of rotatable bonds is 2. The van der Waals surface area contributed by atoms with Crippen LogP contribution in [-0.4, -0.2) is 5.91 Å². The quantitative estimate of drug-likeness (QED) is 0.574. The lowest BCUT2D eigenvalue weighted by Crippen LogP contribution is -2.11. The number of carbonyl (C=O) groups is 1. The first-order valence-electron chi connectivity index (χ1n) is 7.49. The highest BCUT2D eigenvalue weighted by molar-refractivity contribution is 6.04.